The van der Waals surface area contributed by atoms with Gasteiger partial charge in [0, 0.05) is 24.2 Å². The Bertz CT molecular complexity index is 767. The molecule has 4 heterocycles. The van der Waals surface area contributed by atoms with Crippen LogP contribution in [-0.4, -0.2) is 39.8 Å². The Kier molecular flexibility index (Phi) is 3.94. The summed E-state index contributed by atoms with van der Waals surface area (Å²) in [6, 6.07) is 3.77. The summed E-state index contributed by atoms with van der Waals surface area (Å²) in [5, 5.41) is 4.77. The number of rotatable bonds is 4. The molecule has 0 aliphatic carbocycles. The van der Waals surface area contributed by atoms with Crippen LogP contribution in [0.25, 0.3) is 10.8 Å². The summed E-state index contributed by atoms with van der Waals surface area (Å²) in [4.78, 5) is 12.2. The molecular formula is C15H16N4O3S. The van der Waals surface area contributed by atoms with Crippen molar-refractivity contribution in [2.75, 3.05) is 19.8 Å². The minimum Gasteiger partial charge on any atom is -0.462 e. The molecule has 0 amide bonds. The zero-order chi connectivity index (χ0) is 15.6. The molecule has 0 bridgehead atoms. The molecule has 1 saturated heterocycles. The average Bonchev–Trinajstić information content (AvgIpc) is 3.28. The molecule has 3 aromatic heterocycles. The van der Waals surface area contributed by atoms with Crippen molar-refractivity contribution in [2.45, 2.75) is 19.5 Å². The van der Waals surface area contributed by atoms with Crippen molar-refractivity contribution < 1.29 is 13.7 Å². The summed E-state index contributed by atoms with van der Waals surface area (Å²) < 4.78 is 16.3. The largest absolute Gasteiger partial charge is 0.462 e. The fourth-order valence-electron chi connectivity index (χ4n) is 2.60. The molecule has 0 saturated carbocycles. The van der Waals surface area contributed by atoms with Crippen LogP contribution in [0.15, 0.2) is 33.5 Å². The van der Waals surface area contributed by atoms with E-state index < -0.39 is 0 Å². The number of aromatic nitrogens is 3. The first-order valence-electron chi connectivity index (χ1n) is 7.40. The molecule has 1 atom stereocenters. The number of aryl methyl sites for hydroxylation is 1. The van der Waals surface area contributed by atoms with Gasteiger partial charge in [-0.3, -0.25) is 4.90 Å². The maximum Gasteiger partial charge on any atom is 0.246 e. The molecule has 7 nitrogen and oxygen atoms in total. The third kappa shape index (κ3) is 3.05. The van der Waals surface area contributed by atoms with E-state index in [0.29, 0.717) is 24.9 Å². The minimum absolute atomic E-state index is 0.0147. The second kappa shape index (κ2) is 6.23. The maximum absolute atomic E-state index is 5.58. The van der Waals surface area contributed by atoms with E-state index in [-0.39, 0.29) is 6.04 Å². The fraction of sp³-hybridized carbons (Fsp3) is 0.400. The lowest BCUT2D eigenvalue weighted by molar-refractivity contribution is -0.0236. The third-order valence-corrected chi connectivity index (χ3v) is 4.71. The van der Waals surface area contributed by atoms with E-state index in [1.807, 2.05) is 25.3 Å². The monoisotopic (exact) mass is 332 g/mol. The normalized spacial score (nSPS) is 19.3. The molecule has 0 aromatic carbocycles. The molecule has 3 aromatic rings. The number of thiazole rings is 1. The average molecular weight is 332 g/mol. The first-order chi connectivity index (χ1) is 11.3. The predicted octanol–water partition coefficient (Wildman–Crippen LogP) is 2.67. The molecule has 120 valence electrons. The van der Waals surface area contributed by atoms with Gasteiger partial charge in [0.15, 0.2) is 16.6 Å². The zero-order valence-electron chi connectivity index (χ0n) is 12.6. The predicted molar refractivity (Wildman–Crippen MR) is 82.8 cm³/mol. The molecule has 1 aliphatic rings. The maximum atomic E-state index is 5.58. The van der Waals surface area contributed by atoms with Crippen LogP contribution in [0, 0.1) is 6.92 Å². The van der Waals surface area contributed by atoms with Crippen molar-refractivity contribution in [1.82, 2.24) is 20.0 Å². The lowest BCUT2D eigenvalue weighted by Gasteiger charge is -2.32. The van der Waals surface area contributed by atoms with Gasteiger partial charge in [0.1, 0.15) is 6.04 Å². The van der Waals surface area contributed by atoms with Crippen molar-refractivity contribution >= 4 is 11.3 Å². The highest BCUT2D eigenvalue weighted by molar-refractivity contribution is 7.14. The smallest absolute Gasteiger partial charge is 0.246 e. The van der Waals surface area contributed by atoms with E-state index in [2.05, 4.69) is 20.0 Å². The van der Waals surface area contributed by atoms with Gasteiger partial charge in [0.2, 0.25) is 5.89 Å². The first kappa shape index (κ1) is 14.6. The molecule has 1 fully saturated rings. The molecular weight excluding hydrogens is 316 g/mol. The van der Waals surface area contributed by atoms with Crippen molar-refractivity contribution in [3.05, 3.63) is 41.2 Å². The SMILES string of the molecule is Cc1noc(C2COCCN2Cc2cnc(-c3ccco3)s2)n1. The van der Waals surface area contributed by atoms with Crippen LogP contribution in [0.4, 0.5) is 0 Å². The van der Waals surface area contributed by atoms with Gasteiger partial charge < -0.3 is 13.7 Å². The molecule has 0 radical (unpaired) electrons. The number of furan rings is 1. The quantitative estimate of drug-likeness (QED) is 0.727. The second-order valence-electron chi connectivity index (χ2n) is 5.35. The highest BCUT2D eigenvalue weighted by atomic mass is 32.1. The van der Waals surface area contributed by atoms with E-state index in [4.69, 9.17) is 13.7 Å². The van der Waals surface area contributed by atoms with E-state index in [9.17, 15) is 0 Å². The molecule has 1 unspecified atom stereocenters. The summed E-state index contributed by atoms with van der Waals surface area (Å²) in [6.45, 7) is 4.67. The topological polar surface area (TPSA) is 77.4 Å². The Morgan fingerprint density at radius 1 is 1.43 bits per heavy atom. The van der Waals surface area contributed by atoms with Crippen LogP contribution in [0.3, 0.4) is 0 Å². The van der Waals surface area contributed by atoms with Gasteiger partial charge in [-0.25, -0.2) is 4.98 Å². The Labute approximate surface area is 136 Å². The van der Waals surface area contributed by atoms with E-state index in [1.54, 1.807) is 17.6 Å². The number of hydrogen-bond donors (Lipinski definition) is 0. The van der Waals surface area contributed by atoms with Crippen molar-refractivity contribution in [3.63, 3.8) is 0 Å². The van der Waals surface area contributed by atoms with Crippen LogP contribution in [0.5, 0.6) is 0 Å². The van der Waals surface area contributed by atoms with Crippen LogP contribution in [0.2, 0.25) is 0 Å². The van der Waals surface area contributed by atoms with Crippen LogP contribution in [-0.2, 0) is 11.3 Å². The molecule has 23 heavy (non-hydrogen) atoms. The molecule has 8 heteroatoms. The molecule has 4 rings (SSSR count). The number of morpholine rings is 1. The second-order valence-corrected chi connectivity index (χ2v) is 6.47. The summed E-state index contributed by atoms with van der Waals surface area (Å²) in [5.41, 5.74) is 0. The van der Waals surface area contributed by atoms with Crippen LogP contribution < -0.4 is 0 Å². The van der Waals surface area contributed by atoms with Crippen LogP contribution >= 0.6 is 11.3 Å². The van der Waals surface area contributed by atoms with Crippen molar-refractivity contribution in [3.8, 4) is 10.8 Å². The van der Waals surface area contributed by atoms with Crippen LogP contribution in [0.1, 0.15) is 22.6 Å². The Hall–Kier alpha value is -2.03. The Morgan fingerprint density at radius 3 is 3.17 bits per heavy atom. The van der Waals surface area contributed by atoms with Crippen molar-refractivity contribution in [2.24, 2.45) is 0 Å². The highest BCUT2D eigenvalue weighted by Gasteiger charge is 2.29. The fourth-order valence-corrected chi connectivity index (χ4v) is 3.50. The van der Waals surface area contributed by atoms with Gasteiger partial charge >= 0.3 is 0 Å². The molecule has 0 N–H and O–H groups in total. The summed E-state index contributed by atoms with van der Waals surface area (Å²) in [5.74, 6) is 2.05. The van der Waals surface area contributed by atoms with Crippen molar-refractivity contribution in [1.29, 1.82) is 0 Å². The molecule has 1 aliphatic heterocycles. The first-order valence-corrected chi connectivity index (χ1v) is 8.22. The third-order valence-electron chi connectivity index (χ3n) is 3.71. The lowest BCUT2D eigenvalue weighted by Crippen LogP contribution is -2.39. The number of nitrogens with zero attached hydrogens (tertiary/aromatic N) is 4. The van der Waals surface area contributed by atoms with E-state index in [0.717, 1.165) is 23.9 Å². The standard InChI is InChI=1S/C15H16N4O3S/c1-10-17-14(22-18-10)12-9-20-6-4-19(12)8-11-7-16-15(23-11)13-3-2-5-21-13/h2-3,5,7,12H,4,6,8-9H2,1H3. The van der Waals surface area contributed by atoms with Gasteiger partial charge in [-0.2, -0.15) is 4.98 Å². The molecule has 0 spiro atoms. The Morgan fingerprint density at radius 2 is 2.39 bits per heavy atom. The number of hydrogen-bond acceptors (Lipinski definition) is 8. The summed E-state index contributed by atoms with van der Waals surface area (Å²) >= 11 is 1.63. The lowest BCUT2D eigenvalue weighted by atomic mass is 10.2. The van der Waals surface area contributed by atoms with E-state index >= 15 is 0 Å². The highest BCUT2D eigenvalue weighted by Crippen LogP contribution is 2.29. The summed E-state index contributed by atoms with van der Waals surface area (Å²) in [7, 11) is 0. The van der Waals surface area contributed by atoms with E-state index in [1.165, 1.54) is 4.88 Å². The number of ether oxygens (including phenoxy) is 1. The van der Waals surface area contributed by atoms with Gasteiger partial charge in [-0.15, -0.1) is 11.3 Å². The van der Waals surface area contributed by atoms with Gasteiger partial charge in [0.05, 0.1) is 19.5 Å². The minimum atomic E-state index is -0.0147. The van der Waals surface area contributed by atoms with Gasteiger partial charge in [0.25, 0.3) is 0 Å². The Balaban J connectivity index is 1.52. The van der Waals surface area contributed by atoms with Gasteiger partial charge in [-0.1, -0.05) is 5.16 Å². The summed E-state index contributed by atoms with van der Waals surface area (Å²) in [6.07, 6.45) is 3.56. The van der Waals surface area contributed by atoms with Gasteiger partial charge in [-0.05, 0) is 19.1 Å². The zero-order valence-corrected chi connectivity index (χ0v) is 13.5.